The van der Waals surface area contributed by atoms with Crippen LogP contribution < -0.4 is 21.4 Å². The molecular weight excluding hydrogens is 424 g/mol. The highest BCUT2D eigenvalue weighted by Crippen LogP contribution is 2.09. The number of aliphatic hydroxyl groups is 1. The number of aliphatic hydroxyl groups excluding tert-OH is 1. The van der Waals surface area contributed by atoms with Crippen LogP contribution in [0.5, 0.6) is 0 Å². The second-order valence-electron chi connectivity index (χ2n) is 6.90. The quantitative estimate of drug-likeness (QED) is 0.202. The Balaban J connectivity index is 0.00000544. The molecule has 2 aromatic rings. The molecule has 0 aliphatic heterocycles. The first-order valence-corrected chi connectivity index (χ1v) is 9.99. The summed E-state index contributed by atoms with van der Waals surface area (Å²) in [6.45, 7) is 4.22. The third-order valence-corrected chi connectivity index (χ3v) is 4.36. The number of likely N-dealkylation sites (N-methyl/N-ethyl adjacent to an activating group) is 1. The van der Waals surface area contributed by atoms with Crippen LogP contribution in [-0.2, 0) is 9.59 Å². The Labute approximate surface area is 193 Å². The number of carbonyl (C=O) groups is 3. The fraction of sp³-hybridized carbons (Fsp3) is 0.292. The first-order chi connectivity index (χ1) is 15.3. The van der Waals surface area contributed by atoms with Crippen molar-refractivity contribution < 1.29 is 24.7 Å². The Morgan fingerprint density at radius 3 is 2.00 bits per heavy atom. The van der Waals surface area contributed by atoms with Gasteiger partial charge in [-0.3, -0.25) is 19.6 Å². The summed E-state index contributed by atoms with van der Waals surface area (Å²) in [5, 5.41) is 26.4. The number of hydrogen-bond acceptors (Lipinski definition) is 6. The average molecular weight is 455 g/mol. The van der Waals surface area contributed by atoms with Crippen molar-refractivity contribution in [2.45, 2.75) is 33.4 Å². The van der Waals surface area contributed by atoms with Gasteiger partial charge in [-0.2, -0.15) is 0 Å². The van der Waals surface area contributed by atoms with E-state index in [4.69, 9.17) is 5.21 Å². The third-order valence-electron chi connectivity index (χ3n) is 4.36. The number of anilines is 1. The summed E-state index contributed by atoms with van der Waals surface area (Å²) < 4.78 is 0. The number of hydroxylamine groups is 1. The molecule has 2 aromatic carbocycles. The lowest BCUT2D eigenvalue weighted by Crippen LogP contribution is -2.51. The zero-order valence-electron chi connectivity index (χ0n) is 17.8. The molecule has 0 aliphatic carbocycles. The predicted molar refractivity (Wildman–Crippen MR) is 126 cm³/mol. The summed E-state index contributed by atoms with van der Waals surface area (Å²) >= 11 is 0. The summed E-state index contributed by atoms with van der Waals surface area (Å²) in [4.78, 5) is 35.5. The van der Waals surface area contributed by atoms with Gasteiger partial charge in [-0.1, -0.05) is 26.2 Å². The van der Waals surface area contributed by atoms with E-state index in [1.165, 1.54) is 24.5 Å². The van der Waals surface area contributed by atoms with Gasteiger partial charge in [0, 0.05) is 22.4 Å². The van der Waals surface area contributed by atoms with Gasteiger partial charge in [0.05, 0.1) is 12.6 Å². The van der Waals surface area contributed by atoms with E-state index in [-0.39, 0.29) is 25.4 Å². The van der Waals surface area contributed by atoms with E-state index in [0.717, 1.165) is 12.1 Å². The molecular formula is C24H30N4O5. The minimum atomic E-state index is -1.29. The molecule has 0 bridgehead atoms. The monoisotopic (exact) mass is 454 g/mol. The molecule has 0 unspecified atom stereocenters. The highest BCUT2D eigenvalue weighted by Gasteiger charge is 2.25. The van der Waals surface area contributed by atoms with Crippen LogP contribution in [-0.4, -0.2) is 53.3 Å². The smallest absolute Gasteiger partial charge is 0.268 e. The number of hydrogen-bond donors (Lipinski definition) is 6. The fourth-order valence-electron chi connectivity index (χ4n) is 2.63. The molecule has 0 aliphatic rings. The van der Waals surface area contributed by atoms with Crippen molar-refractivity contribution in [3.05, 3.63) is 65.2 Å². The summed E-state index contributed by atoms with van der Waals surface area (Å²) in [5.41, 5.74) is 3.78. The number of nitrogens with one attached hydrogen (secondary N) is 4. The van der Waals surface area contributed by atoms with Crippen molar-refractivity contribution in [2.24, 2.45) is 0 Å². The maximum atomic E-state index is 12.3. The first kappa shape index (κ1) is 27.3. The lowest BCUT2D eigenvalue weighted by molar-refractivity contribution is -0.133. The molecule has 0 heterocycles. The topological polar surface area (TPSA) is 140 Å². The van der Waals surface area contributed by atoms with Gasteiger partial charge in [-0.15, -0.1) is 0 Å². The normalized spacial score (nSPS) is 11.6. The van der Waals surface area contributed by atoms with Crippen molar-refractivity contribution in [2.75, 3.05) is 18.4 Å². The van der Waals surface area contributed by atoms with E-state index < -0.39 is 24.0 Å². The van der Waals surface area contributed by atoms with E-state index in [0.29, 0.717) is 11.3 Å². The van der Waals surface area contributed by atoms with Crippen LogP contribution in [0.2, 0.25) is 0 Å². The van der Waals surface area contributed by atoms with Crippen LogP contribution in [0.4, 0.5) is 5.69 Å². The van der Waals surface area contributed by atoms with E-state index in [9.17, 15) is 19.5 Å². The Morgan fingerprint density at radius 2 is 1.52 bits per heavy atom. The first-order valence-electron chi connectivity index (χ1n) is 9.99. The van der Waals surface area contributed by atoms with Gasteiger partial charge in [0.2, 0.25) is 5.91 Å². The molecule has 3 amide bonds. The Bertz CT molecular complexity index is 992. The zero-order chi connectivity index (χ0) is 23.5. The molecule has 9 nitrogen and oxygen atoms in total. The summed E-state index contributed by atoms with van der Waals surface area (Å²) in [5.74, 6) is 4.38. The Kier molecular flexibility index (Phi) is 11.3. The van der Waals surface area contributed by atoms with Gasteiger partial charge in [0.1, 0.15) is 6.04 Å². The highest BCUT2D eigenvalue weighted by molar-refractivity contribution is 5.97. The van der Waals surface area contributed by atoms with Crippen molar-refractivity contribution >= 4 is 23.4 Å². The molecule has 176 valence electrons. The van der Waals surface area contributed by atoms with Crippen molar-refractivity contribution in [3.63, 3.8) is 0 Å². The van der Waals surface area contributed by atoms with Gasteiger partial charge in [0.25, 0.3) is 11.8 Å². The van der Waals surface area contributed by atoms with Gasteiger partial charge in [-0.05, 0) is 62.0 Å². The lowest BCUT2D eigenvalue weighted by Gasteiger charge is -2.19. The molecule has 9 heteroatoms. The second-order valence-corrected chi connectivity index (χ2v) is 6.90. The third kappa shape index (κ3) is 8.74. The van der Waals surface area contributed by atoms with E-state index in [1.807, 2.05) is 6.92 Å². The standard InChI is InChI=1S/C23H26N4O5.CH4/c1-3-24-14-20(29)25-19-12-8-17(9-13-19)5-4-16-6-10-18(11-7-16)22(30)26-21(15(2)28)23(31)27-32;/h6-13,15,21,24,28,32H,3,14H2,1-2H3,(H,25,29)(H,26,30)(H,27,31);1H4/t15-,21+;/m1./s1. The number of rotatable bonds is 8. The largest absolute Gasteiger partial charge is 0.391 e. The van der Waals surface area contributed by atoms with Gasteiger partial charge >= 0.3 is 0 Å². The average Bonchev–Trinajstić information content (AvgIpc) is 2.80. The molecule has 0 saturated heterocycles. The maximum absolute atomic E-state index is 12.3. The molecule has 0 spiro atoms. The van der Waals surface area contributed by atoms with Crippen LogP contribution in [0.15, 0.2) is 48.5 Å². The van der Waals surface area contributed by atoms with E-state index in [2.05, 4.69) is 27.8 Å². The van der Waals surface area contributed by atoms with Crippen molar-refractivity contribution in [1.82, 2.24) is 16.1 Å². The Morgan fingerprint density at radius 1 is 0.970 bits per heavy atom. The second kappa shape index (κ2) is 13.6. The predicted octanol–water partition coefficient (Wildman–Crippen LogP) is 1.26. The van der Waals surface area contributed by atoms with E-state index in [1.54, 1.807) is 36.4 Å². The minimum Gasteiger partial charge on any atom is -0.391 e. The lowest BCUT2D eigenvalue weighted by atomic mass is 10.1. The number of carbonyl (C=O) groups excluding carboxylic acids is 3. The van der Waals surface area contributed by atoms with Crippen LogP contribution in [0, 0.1) is 11.8 Å². The summed E-state index contributed by atoms with van der Waals surface area (Å²) in [7, 11) is 0. The molecule has 33 heavy (non-hydrogen) atoms. The Hall–Kier alpha value is -3.71. The number of amides is 3. The number of benzene rings is 2. The molecule has 6 N–H and O–H groups in total. The van der Waals surface area contributed by atoms with Gasteiger partial charge in [0.15, 0.2) is 0 Å². The van der Waals surface area contributed by atoms with E-state index >= 15 is 0 Å². The fourth-order valence-corrected chi connectivity index (χ4v) is 2.63. The van der Waals surface area contributed by atoms with Crippen molar-refractivity contribution in [3.8, 4) is 11.8 Å². The minimum absolute atomic E-state index is 0. The van der Waals surface area contributed by atoms with Crippen LogP contribution in [0.3, 0.4) is 0 Å². The van der Waals surface area contributed by atoms with Gasteiger partial charge < -0.3 is 21.1 Å². The molecule has 0 radical (unpaired) electrons. The molecule has 2 rings (SSSR count). The summed E-state index contributed by atoms with van der Waals surface area (Å²) in [6, 6.07) is 12.2. The zero-order valence-corrected chi connectivity index (χ0v) is 17.8. The van der Waals surface area contributed by atoms with Crippen LogP contribution in [0.25, 0.3) is 0 Å². The summed E-state index contributed by atoms with van der Waals surface area (Å²) in [6.07, 6.45) is -1.19. The maximum Gasteiger partial charge on any atom is 0.268 e. The van der Waals surface area contributed by atoms with Gasteiger partial charge in [-0.25, -0.2) is 5.48 Å². The SMILES string of the molecule is C.CCNCC(=O)Nc1ccc(C#Cc2ccc(C(=O)N[C@H](C(=O)NO)[C@@H](C)O)cc2)cc1. The van der Waals surface area contributed by atoms with Crippen LogP contribution in [0.1, 0.15) is 42.8 Å². The van der Waals surface area contributed by atoms with Crippen molar-refractivity contribution in [1.29, 1.82) is 0 Å². The molecule has 2 atom stereocenters. The highest BCUT2D eigenvalue weighted by atomic mass is 16.5. The molecule has 0 aromatic heterocycles. The molecule has 0 saturated carbocycles. The molecule has 0 fully saturated rings. The van der Waals surface area contributed by atoms with Crippen LogP contribution >= 0.6 is 0 Å².